The molecule has 26 heavy (non-hydrogen) atoms. The third-order valence-electron chi connectivity index (χ3n) is 4.67. The minimum absolute atomic E-state index is 0.282. The molecule has 1 aliphatic heterocycles. The summed E-state index contributed by atoms with van der Waals surface area (Å²) in [6.07, 6.45) is 0. The van der Waals surface area contributed by atoms with E-state index >= 15 is 0 Å². The summed E-state index contributed by atoms with van der Waals surface area (Å²) in [5.41, 5.74) is 3.10. The maximum absolute atomic E-state index is 12.2. The second kappa shape index (κ2) is 6.38. The predicted octanol–water partition coefficient (Wildman–Crippen LogP) is 5.73. The van der Waals surface area contributed by atoms with Crippen LogP contribution in [0.2, 0.25) is 15.1 Å². The lowest BCUT2D eigenvalue weighted by Gasteiger charge is -2.31. The normalized spacial score (nSPS) is 13.7. The Hall–Kier alpha value is -1.88. The SMILES string of the molecule is Cc1c(C)c2cc(Cl)c3c(c2oc1=O)CN(c1cc(Cl)cc(Cl)c1)CO3. The molecule has 4 nitrogen and oxygen atoms in total. The van der Waals surface area contributed by atoms with Crippen molar-refractivity contribution >= 4 is 51.5 Å². The highest BCUT2D eigenvalue weighted by molar-refractivity contribution is 6.35. The van der Waals surface area contributed by atoms with Gasteiger partial charge in [0, 0.05) is 26.7 Å². The summed E-state index contributed by atoms with van der Waals surface area (Å²) in [6, 6.07) is 7.07. The molecule has 0 saturated carbocycles. The van der Waals surface area contributed by atoms with Crippen molar-refractivity contribution in [2.24, 2.45) is 0 Å². The van der Waals surface area contributed by atoms with E-state index in [1.54, 1.807) is 31.2 Å². The Balaban J connectivity index is 1.90. The van der Waals surface area contributed by atoms with E-state index in [0.717, 1.165) is 22.2 Å². The van der Waals surface area contributed by atoms with Crippen molar-refractivity contribution in [3.63, 3.8) is 0 Å². The highest BCUT2D eigenvalue weighted by Gasteiger charge is 2.26. The third kappa shape index (κ3) is 2.82. The molecule has 134 valence electrons. The maximum Gasteiger partial charge on any atom is 0.339 e. The quantitative estimate of drug-likeness (QED) is 0.481. The van der Waals surface area contributed by atoms with Crippen LogP contribution in [0.15, 0.2) is 33.5 Å². The van der Waals surface area contributed by atoms with Gasteiger partial charge in [0.2, 0.25) is 0 Å². The molecule has 0 aliphatic carbocycles. The third-order valence-corrected chi connectivity index (χ3v) is 5.39. The first-order valence-corrected chi connectivity index (χ1v) is 9.08. The summed E-state index contributed by atoms with van der Waals surface area (Å²) in [5, 5.41) is 2.37. The molecule has 4 rings (SSSR count). The van der Waals surface area contributed by atoms with E-state index < -0.39 is 0 Å². The van der Waals surface area contributed by atoms with Crippen LogP contribution < -0.4 is 15.3 Å². The Kier molecular flexibility index (Phi) is 4.30. The van der Waals surface area contributed by atoms with Gasteiger partial charge in [-0.05, 0) is 43.7 Å². The molecule has 3 aromatic rings. The van der Waals surface area contributed by atoms with Gasteiger partial charge in [0.05, 0.1) is 17.1 Å². The summed E-state index contributed by atoms with van der Waals surface area (Å²) in [5.74, 6) is 0.537. The number of halogens is 3. The minimum atomic E-state index is -0.359. The van der Waals surface area contributed by atoms with Crippen molar-refractivity contribution < 1.29 is 9.15 Å². The van der Waals surface area contributed by atoms with E-state index in [2.05, 4.69) is 0 Å². The van der Waals surface area contributed by atoms with Crippen LogP contribution in [-0.4, -0.2) is 6.73 Å². The van der Waals surface area contributed by atoms with Crippen LogP contribution in [0, 0.1) is 13.8 Å². The van der Waals surface area contributed by atoms with Crippen molar-refractivity contribution in [3.8, 4) is 5.75 Å². The number of ether oxygens (including phenoxy) is 1. The van der Waals surface area contributed by atoms with Gasteiger partial charge in [0.25, 0.3) is 0 Å². The molecule has 1 aliphatic rings. The molecule has 7 heteroatoms. The van der Waals surface area contributed by atoms with Crippen LogP contribution in [0.25, 0.3) is 11.0 Å². The van der Waals surface area contributed by atoms with Crippen LogP contribution in [0.4, 0.5) is 5.69 Å². The van der Waals surface area contributed by atoms with Crippen LogP contribution >= 0.6 is 34.8 Å². The van der Waals surface area contributed by atoms with E-state index in [-0.39, 0.29) is 12.4 Å². The lowest BCUT2D eigenvalue weighted by Crippen LogP contribution is -2.32. The first-order chi connectivity index (χ1) is 12.3. The Morgan fingerprint density at radius 3 is 2.38 bits per heavy atom. The Morgan fingerprint density at radius 2 is 1.69 bits per heavy atom. The summed E-state index contributed by atoms with van der Waals surface area (Å²) >= 11 is 18.7. The van der Waals surface area contributed by atoms with Crippen LogP contribution in [0.3, 0.4) is 0 Å². The topological polar surface area (TPSA) is 42.7 Å². The van der Waals surface area contributed by atoms with E-state index in [9.17, 15) is 4.79 Å². The van der Waals surface area contributed by atoms with E-state index in [1.165, 1.54) is 0 Å². The van der Waals surface area contributed by atoms with E-state index in [4.69, 9.17) is 44.0 Å². The highest BCUT2D eigenvalue weighted by Crippen LogP contribution is 2.41. The van der Waals surface area contributed by atoms with Gasteiger partial charge >= 0.3 is 5.63 Å². The molecule has 0 radical (unpaired) electrons. The zero-order valence-corrected chi connectivity index (χ0v) is 16.3. The Bertz CT molecular complexity index is 1090. The fourth-order valence-corrected chi connectivity index (χ4v) is 3.95. The van der Waals surface area contributed by atoms with Crippen molar-refractivity contribution in [2.45, 2.75) is 20.4 Å². The standard InChI is InChI=1S/C19H14Cl3NO3/c1-9-10(2)19(24)26-17-14(9)6-16(22)18-15(17)7-23(8-25-18)13-4-11(20)3-12(21)5-13/h3-6H,7-8H2,1-2H3. The second-order valence-electron chi connectivity index (χ2n) is 6.28. The molecule has 0 bridgehead atoms. The summed E-state index contributed by atoms with van der Waals surface area (Å²) in [7, 11) is 0. The minimum Gasteiger partial charge on any atom is -0.471 e. The van der Waals surface area contributed by atoms with Crippen molar-refractivity contribution in [2.75, 3.05) is 11.6 Å². The van der Waals surface area contributed by atoms with Gasteiger partial charge in [-0.1, -0.05) is 34.8 Å². The second-order valence-corrected chi connectivity index (χ2v) is 7.56. The lowest BCUT2D eigenvalue weighted by molar-refractivity contribution is 0.289. The lowest BCUT2D eigenvalue weighted by atomic mass is 10.0. The number of nitrogens with zero attached hydrogens (tertiary/aromatic N) is 1. The zero-order chi connectivity index (χ0) is 18.6. The molecular weight excluding hydrogens is 397 g/mol. The summed E-state index contributed by atoms with van der Waals surface area (Å²) in [4.78, 5) is 14.1. The highest BCUT2D eigenvalue weighted by atomic mass is 35.5. The van der Waals surface area contributed by atoms with Crippen molar-refractivity contribution in [1.29, 1.82) is 0 Å². The van der Waals surface area contributed by atoms with Crippen molar-refractivity contribution in [3.05, 3.63) is 66.4 Å². The molecule has 0 spiro atoms. The fraction of sp³-hybridized carbons (Fsp3) is 0.211. The summed E-state index contributed by atoms with van der Waals surface area (Å²) in [6.45, 7) is 4.36. The Labute approximate surface area is 164 Å². The fourth-order valence-electron chi connectivity index (χ4n) is 3.15. The molecule has 1 aromatic heterocycles. The van der Waals surface area contributed by atoms with Crippen molar-refractivity contribution in [1.82, 2.24) is 0 Å². The maximum atomic E-state index is 12.2. The molecular formula is C19H14Cl3NO3. The number of hydrogen-bond acceptors (Lipinski definition) is 4. The monoisotopic (exact) mass is 409 g/mol. The molecule has 0 unspecified atom stereocenters. The largest absolute Gasteiger partial charge is 0.471 e. The number of anilines is 1. The first kappa shape index (κ1) is 17.5. The number of rotatable bonds is 1. The van der Waals surface area contributed by atoms with Gasteiger partial charge in [-0.15, -0.1) is 0 Å². The van der Waals surface area contributed by atoms with Crippen LogP contribution in [-0.2, 0) is 6.54 Å². The number of fused-ring (bicyclic) bond motifs is 3. The number of hydrogen-bond donors (Lipinski definition) is 0. The van der Waals surface area contributed by atoms with Gasteiger partial charge in [-0.2, -0.15) is 0 Å². The smallest absolute Gasteiger partial charge is 0.339 e. The van der Waals surface area contributed by atoms with Gasteiger partial charge in [0.1, 0.15) is 11.3 Å². The average molecular weight is 411 g/mol. The van der Waals surface area contributed by atoms with E-state index in [0.29, 0.717) is 38.5 Å². The first-order valence-electron chi connectivity index (χ1n) is 7.94. The molecule has 0 amide bonds. The predicted molar refractivity (Wildman–Crippen MR) is 105 cm³/mol. The molecule has 2 aromatic carbocycles. The molecule has 0 N–H and O–H groups in total. The summed E-state index contributed by atoms with van der Waals surface area (Å²) < 4.78 is 11.5. The van der Waals surface area contributed by atoms with Gasteiger partial charge in [0.15, 0.2) is 6.73 Å². The van der Waals surface area contributed by atoms with Gasteiger partial charge < -0.3 is 14.1 Å². The average Bonchev–Trinajstić information content (AvgIpc) is 2.60. The molecule has 0 atom stereocenters. The van der Waals surface area contributed by atoms with E-state index in [1.807, 2.05) is 11.8 Å². The van der Waals surface area contributed by atoms with Gasteiger partial charge in [-0.3, -0.25) is 0 Å². The molecule has 2 heterocycles. The molecule has 0 fully saturated rings. The number of benzene rings is 2. The Morgan fingerprint density at radius 1 is 1.00 bits per heavy atom. The van der Waals surface area contributed by atoms with Gasteiger partial charge in [-0.25, -0.2) is 4.79 Å². The van der Waals surface area contributed by atoms with Crippen LogP contribution in [0.5, 0.6) is 5.75 Å². The molecule has 0 saturated heterocycles. The zero-order valence-electron chi connectivity index (χ0n) is 14.0. The van der Waals surface area contributed by atoms with Crippen LogP contribution in [0.1, 0.15) is 16.7 Å². The number of aryl methyl sites for hydroxylation is 1.